The summed E-state index contributed by atoms with van der Waals surface area (Å²) in [6.45, 7) is 1.76. The lowest BCUT2D eigenvalue weighted by Gasteiger charge is -2.03. The van der Waals surface area contributed by atoms with E-state index < -0.39 is 0 Å². The van der Waals surface area contributed by atoms with Gasteiger partial charge in [-0.1, -0.05) is 17.3 Å². The van der Waals surface area contributed by atoms with Gasteiger partial charge < -0.3 is 4.84 Å². The van der Waals surface area contributed by atoms with E-state index in [0.29, 0.717) is 11.7 Å². The molecule has 0 saturated carbocycles. The summed E-state index contributed by atoms with van der Waals surface area (Å²) in [4.78, 5) is 17.4. The standard InChI is InChI=1S/C12H10N6O/c1-9(18-8-13-6-16-18)17-19-12-10-4-2-3-5-11(10)14-7-15-12/h2-8H,1H3. The summed E-state index contributed by atoms with van der Waals surface area (Å²) in [6, 6.07) is 7.57. The van der Waals surface area contributed by atoms with E-state index >= 15 is 0 Å². The van der Waals surface area contributed by atoms with E-state index in [9.17, 15) is 0 Å². The molecule has 0 aliphatic carbocycles. The molecule has 3 aromatic rings. The zero-order valence-corrected chi connectivity index (χ0v) is 10.1. The first-order chi connectivity index (χ1) is 9.34. The van der Waals surface area contributed by atoms with Gasteiger partial charge in [-0.15, -0.1) is 0 Å². The van der Waals surface area contributed by atoms with E-state index in [1.54, 1.807) is 13.3 Å². The number of para-hydroxylation sites is 1. The Bertz CT molecular complexity index is 717. The third-order valence-electron chi connectivity index (χ3n) is 2.52. The van der Waals surface area contributed by atoms with Gasteiger partial charge in [0.1, 0.15) is 19.0 Å². The second-order valence-corrected chi connectivity index (χ2v) is 3.77. The highest BCUT2D eigenvalue weighted by Gasteiger charge is 2.04. The zero-order valence-electron chi connectivity index (χ0n) is 10.1. The highest BCUT2D eigenvalue weighted by molar-refractivity contribution is 5.83. The van der Waals surface area contributed by atoms with Crippen LogP contribution in [0.4, 0.5) is 0 Å². The fourth-order valence-corrected chi connectivity index (χ4v) is 1.58. The summed E-state index contributed by atoms with van der Waals surface area (Å²) >= 11 is 0. The lowest BCUT2D eigenvalue weighted by atomic mass is 10.2. The van der Waals surface area contributed by atoms with Crippen LogP contribution in [0.25, 0.3) is 10.9 Å². The SMILES string of the molecule is CC(=NOc1ncnc2ccccc12)n1cncn1. The molecular formula is C12H10N6O. The lowest BCUT2D eigenvalue weighted by Crippen LogP contribution is -2.09. The van der Waals surface area contributed by atoms with E-state index in [0.717, 1.165) is 10.9 Å². The van der Waals surface area contributed by atoms with Crippen molar-refractivity contribution in [2.24, 2.45) is 5.16 Å². The molecule has 0 saturated heterocycles. The van der Waals surface area contributed by atoms with E-state index in [1.165, 1.54) is 17.3 Å². The smallest absolute Gasteiger partial charge is 0.259 e. The monoisotopic (exact) mass is 254 g/mol. The average molecular weight is 254 g/mol. The molecule has 0 fully saturated rings. The molecule has 0 aliphatic heterocycles. The maximum Gasteiger partial charge on any atom is 0.259 e. The molecule has 0 unspecified atom stereocenters. The minimum Gasteiger partial charge on any atom is -0.334 e. The molecule has 19 heavy (non-hydrogen) atoms. The number of hydrogen-bond donors (Lipinski definition) is 0. The number of benzene rings is 1. The number of rotatable bonds is 2. The van der Waals surface area contributed by atoms with E-state index in [-0.39, 0.29) is 0 Å². The average Bonchev–Trinajstić information content (AvgIpc) is 2.99. The van der Waals surface area contributed by atoms with E-state index in [1.807, 2.05) is 24.3 Å². The Labute approximate surface area is 108 Å². The van der Waals surface area contributed by atoms with E-state index in [4.69, 9.17) is 4.84 Å². The third-order valence-corrected chi connectivity index (χ3v) is 2.52. The van der Waals surface area contributed by atoms with Crippen LogP contribution in [-0.2, 0) is 0 Å². The summed E-state index contributed by atoms with van der Waals surface area (Å²) in [5.74, 6) is 0.963. The molecule has 94 valence electrons. The van der Waals surface area contributed by atoms with Crippen LogP contribution in [0.15, 0.2) is 48.4 Å². The first kappa shape index (κ1) is 11.3. The summed E-state index contributed by atoms with van der Waals surface area (Å²) in [7, 11) is 0. The van der Waals surface area contributed by atoms with Crippen molar-refractivity contribution < 1.29 is 4.84 Å². The van der Waals surface area contributed by atoms with Gasteiger partial charge in [-0.2, -0.15) is 10.1 Å². The molecular weight excluding hydrogens is 244 g/mol. The Morgan fingerprint density at radius 3 is 2.95 bits per heavy atom. The van der Waals surface area contributed by atoms with Gasteiger partial charge >= 0.3 is 0 Å². The fourth-order valence-electron chi connectivity index (χ4n) is 1.58. The van der Waals surface area contributed by atoms with Gasteiger partial charge in [-0.25, -0.2) is 14.6 Å². The van der Waals surface area contributed by atoms with Crippen molar-refractivity contribution in [3.8, 4) is 5.88 Å². The van der Waals surface area contributed by atoms with Crippen LogP contribution in [0.3, 0.4) is 0 Å². The summed E-state index contributed by atoms with van der Waals surface area (Å²) in [5.41, 5.74) is 0.807. The number of hydrogen-bond acceptors (Lipinski definition) is 6. The van der Waals surface area contributed by atoms with Crippen molar-refractivity contribution in [2.75, 3.05) is 0 Å². The Morgan fingerprint density at radius 2 is 2.11 bits per heavy atom. The topological polar surface area (TPSA) is 78.1 Å². The molecule has 2 aromatic heterocycles. The van der Waals surface area contributed by atoms with Crippen LogP contribution in [0.2, 0.25) is 0 Å². The summed E-state index contributed by atoms with van der Waals surface area (Å²) in [5, 5.41) is 8.73. The lowest BCUT2D eigenvalue weighted by molar-refractivity contribution is 0.328. The van der Waals surface area contributed by atoms with Crippen LogP contribution in [0.5, 0.6) is 5.88 Å². The maximum atomic E-state index is 5.35. The molecule has 0 atom stereocenters. The van der Waals surface area contributed by atoms with Crippen LogP contribution in [0.1, 0.15) is 6.92 Å². The Hall–Kier alpha value is -2.83. The first-order valence-electron chi connectivity index (χ1n) is 5.61. The largest absolute Gasteiger partial charge is 0.334 e. The van der Waals surface area contributed by atoms with Gasteiger partial charge in [0.05, 0.1) is 10.9 Å². The third kappa shape index (κ3) is 2.25. The van der Waals surface area contributed by atoms with Gasteiger partial charge in [-0.05, 0) is 19.1 Å². The molecule has 2 heterocycles. The van der Waals surface area contributed by atoms with Crippen LogP contribution < -0.4 is 4.84 Å². The van der Waals surface area contributed by atoms with Crippen molar-refractivity contribution in [1.82, 2.24) is 24.7 Å². The second-order valence-electron chi connectivity index (χ2n) is 3.77. The molecule has 0 spiro atoms. The Balaban J connectivity index is 1.92. The summed E-state index contributed by atoms with van der Waals surface area (Å²) in [6.07, 6.45) is 4.41. The Kier molecular flexibility index (Phi) is 2.85. The molecule has 7 nitrogen and oxygen atoms in total. The van der Waals surface area contributed by atoms with Crippen molar-refractivity contribution >= 4 is 16.7 Å². The Morgan fingerprint density at radius 1 is 1.21 bits per heavy atom. The normalized spacial score (nSPS) is 11.7. The molecule has 0 amide bonds. The number of nitrogens with zero attached hydrogens (tertiary/aromatic N) is 6. The van der Waals surface area contributed by atoms with Crippen molar-refractivity contribution in [2.45, 2.75) is 6.92 Å². The highest BCUT2D eigenvalue weighted by atomic mass is 16.6. The highest BCUT2D eigenvalue weighted by Crippen LogP contribution is 2.20. The van der Waals surface area contributed by atoms with Crippen LogP contribution in [0, 0.1) is 0 Å². The van der Waals surface area contributed by atoms with Gasteiger partial charge in [0.2, 0.25) is 0 Å². The van der Waals surface area contributed by atoms with Crippen LogP contribution in [-0.4, -0.2) is 30.6 Å². The second kappa shape index (κ2) is 4.81. The molecule has 0 bridgehead atoms. The molecule has 7 heteroatoms. The molecule has 0 aliphatic rings. The van der Waals surface area contributed by atoms with E-state index in [2.05, 4.69) is 25.2 Å². The van der Waals surface area contributed by atoms with Crippen molar-refractivity contribution in [3.05, 3.63) is 43.2 Å². The molecule has 0 radical (unpaired) electrons. The van der Waals surface area contributed by atoms with Gasteiger partial charge in [0.15, 0.2) is 5.84 Å². The summed E-state index contributed by atoms with van der Waals surface area (Å²) < 4.78 is 1.50. The molecule has 1 aromatic carbocycles. The molecule has 0 N–H and O–H groups in total. The predicted molar refractivity (Wildman–Crippen MR) is 68.7 cm³/mol. The number of oxime groups is 1. The predicted octanol–water partition coefficient (Wildman–Crippen LogP) is 1.48. The molecule has 3 rings (SSSR count). The number of fused-ring (bicyclic) bond motifs is 1. The van der Waals surface area contributed by atoms with Crippen LogP contribution >= 0.6 is 0 Å². The minimum absolute atomic E-state index is 0.407. The maximum absolute atomic E-state index is 5.35. The van der Waals surface area contributed by atoms with Gasteiger partial charge in [0, 0.05) is 0 Å². The fraction of sp³-hybridized carbons (Fsp3) is 0.0833. The van der Waals surface area contributed by atoms with Crippen molar-refractivity contribution in [1.29, 1.82) is 0 Å². The quantitative estimate of drug-likeness (QED) is 0.393. The number of aromatic nitrogens is 5. The van der Waals surface area contributed by atoms with Crippen molar-refractivity contribution in [3.63, 3.8) is 0 Å². The first-order valence-corrected chi connectivity index (χ1v) is 5.61. The van der Waals surface area contributed by atoms with Gasteiger partial charge in [-0.3, -0.25) is 0 Å². The van der Waals surface area contributed by atoms with Gasteiger partial charge in [0.25, 0.3) is 5.88 Å². The zero-order chi connectivity index (χ0) is 13.1. The minimum atomic E-state index is 0.407.